The summed E-state index contributed by atoms with van der Waals surface area (Å²) >= 11 is 6.16. The van der Waals surface area contributed by atoms with Crippen LogP contribution in [-0.2, 0) is 0 Å². The lowest BCUT2D eigenvalue weighted by Gasteiger charge is -2.20. The number of hydrogen-bond acceptors (Lipinski definition) is 3. The van der Waals surface area contributed by atoms with Gasteiger partial charge in [-0.3, -0.25) is 14.6 Å². The summed E-state index contributed by atoms with van der Waals surface area (Å²) < 4.78 is 0. The number of rotatable bonds is 3. The van der Waals surface area contributed by atoms with E-state index in [2.05, 4.69) is 11.1 Å². The van der Waals surface area contributed by atoms with Crippen molar-refractivity contribution >= 4 is 28.9 Å². The number of carbonyl (C=O) groups is 2. The Morgan fingerprint density at radius 1 is 1.14 bits per heavy atom. The number of nitrogens with zero attached hydrogens (tertiary/aromatic N) is 1. The van der Waals surface area contributed by atoms with Gasteiger partial charge < -0.3 is 0 Å². The summed E-state index contributed by atoms with van der Waals surface area (Å²) in [7, 11) is 0. The number of allylic oxidation sites excluding steroid dienone is 1. The highest BCUT2D eigenvalue weighted by Crippen LogP contribution is 2.24. The fourth-order valence-electron chi connectivity index (χ4n) is 3.01. The predicted molar refractivity (Wildman–Crippen MR) is 88.2 cm³/mol. The Morgan fingerprint density at radius 3 is 2.64 bits per heavy atom. The zero-order valence-electron chi connectivity index (χ0n) is 12.3. The fourth-order valence-corrected chi connectivity index (χ4v) is 3.30. The van der Waals surface area contributed by atoms with Gasteiger partial charge in [0.05, 0.1) is 0 Å². The molecule has 0 N–H and O–H groups in total. The van der Waals surface area contributed by atoms with Gasteiger partial charge in [-0.15, -0.1) is 11.6 Å². The van der Waals surface area contributed by atoms with Crippen molar-refractivity contribution < 1.29 is 9.59 Å². The molecule has 1 aromatic carbocycles. The summed E-state index contributed by atoms with van der Waals surface area (Å²) in [5, 5.41) is -0.956. The van der Waals surface area contributed by atoms with E-state index < -0.39 is 5.38 Å². The third kappa shape index (κ3) is 2.91. The van der Waals surface area contributed by atoms with Gasteiger partial charge in [0.25, 0.3) is 0 Å². The first-order valence-electron chi connectivity index (χ1n) is 7.73. The molecule has 0 spiro atoms. The van der Waals surface area contributed by atoms with Gasteiger partial charge in [-0.05, 0) is 32.1 Å². The van der Waals surface area contributed by atoms with Crippen LogP contribution >= 0.6 is 11.6 Å². The van der Waals surface area contributed by atoms with Crippen molar-refractivity contribution in [3.05, 3.63) is 47.0 Å². The SMILES string of the molecule is O=C1C(=NCCC2=CCCCC2)C(Cl)C(=O)c2ccccc21. The second kappa shape index (κ2) is 6.57. The quantitative estimate of drug-likeness (QED) is 0.625. The number of alkyl halides is 1. The van der Waals surface area contributed by atoms with Gasteiger partial charge in [0.2, 0.25) is 5.78 Å². The normalized spacial score (nSPS) is 23.4. The van der Waals surface area contributed by atoms with Gasteiger partial charge in [-0.1, -0.05) is 35.9 Å². The van der Waals surface area contributed by atoms with Gasteiger partial charge in [-0.25, -0.2) is 0 Å². The molecule has 2 aliphatic rings. The van der Waals surface area contributed by atoms with Crippen molar-refractivity contribution in [1.29, 1.82) is 0 Å². The van der Waals surface area contributed by atoms with Crippen molar-refractivity contribution in [1.82, 2.24) is 0 Å². The number of Topliss-reactive ketones (excluding diaryl/α,β-unsaturated/α-hetero) is 2. The number of benzene rings is 1. The van der Waals surface area contributed by atoms with E-state index in [4.69, 9.17) is 11.6 Å². The summed E-state index contributed by atoms with van der Waals surface area (Å²) in [5.41, 5.74) is 2.42. The molecule has 4 heteroatoms. The molecule has 3 nitrogen and oxygen atoms in total. The molecule has 1 aromatic rings. The molecule has 1 atom stereocenters. The highest BCUT2D eigenvalue weighted by molar-refractivity contribution is 6.64. The molecule has 0 saturated heterocycles. The largest absolute Gasteiger partial charge is 0.292 e. The zero-order chi connectivity index (χ0) is 15.5. The molecule has 3 rings (SSSR count). The molecule has 2 aliphatic carbocycles. The van der Waals surface area contributed by atoms with Crippen LogP contribution in [0.25, 0.3) is 0 Å². The maximum Gasteiger partial charge on any atom is 0.209 e. The number of hydrogen-bond donors (Lipinski definition) is 0. The summed E-state index contributed by atoms with van der Waals surface area (Å²) in [4.78, 5) is 29.1. The monoisotopic (exact) mass is 315 g/mol. The topological polar surface area (TPSA) is 46.5 Å². The standard InChI is InChI=1S/C18H18ClNO2/c19-15-16(20-11-10-12-6-2-1-3-7-12)18(22)14-9-5-4-8-13(14)17(15)21/h4-6,8-9,15H,1-3,7,10-11H2. The molecule has 0 amide bonds. The summed E-state index contributed by atoms with van der Waals surface area (Å²) in [6.07, 6.45) is 7.85. The molecule has 0 aliphatic heterocycles. The van der Waals surface area contributed by atoms with Crippen LogP contribution in [0.2, 0.25) is 0 Å². The van der Waals surface area contributed by atoms with Gasteiger partial charge in [-0.2, -0.15) is 0 Å². The zero-order valence-corrected chi connectivity index (χ0v) is 13.1. The Labute approximate surface area is 135 Å². The number of fused-ring (bicyclic) bond motifs is 1. The lowest BCUT2D eigenvalue weighted by Crippen LogP contribution is -2.38. The maximum atomic E-state index is 12.5. The molecule has 0 heterocycles. The Bertz CT molecular complexity index is 675. The van der Waals surface area contributed by atoms with Crippen molar-refractivity contribution in [3.8, 4) is 0 Å². The van der Waals surface area contributed by atoms with Crippen molar-refractivity contribution in [2.75, 3.05) is 6.54 Å². The average Bonchev–Trinajstić information content (AvgIpc) is 2.57. The van der Waals surface area contributed by atoms with Crippen molar-refractivity contribution in [2.45, 2.75) is 37.5 Å². The summed E-state index contributed by atoms with van der Waals surface area (Å²) in [5.74, 6) is -0.444. The molecule has 114 valence electrons. The minimum absolute atomic E-state index is 0.196. The molecule has 22 heavy (non-hydrogen) atoms. The highest BCUT2D eigenvalue weighted by Gasteiger charge is 2.36. The first-order valence-corrected chi connectivity index (χ1v) is 8.16. The summed E-state index contributed by atoms with van der Waals surface area (Å²) in [6, 6.07) is 6.81. The minimum Gasteiger partial charge on any atom is -0.292 e. The van der Waals surface area contributed by atoms with E-state index in [1.54, 1.807) is 24.3 Å². The Balaban J connectivity index is 1.78. The Morgan fingerprint density at radius 2 is 1.91 bits per heavy atom. The molecule has 0 aromatic heterocycles. The van der Waals surface area contributed by atoms with Gasteiger partial charge in [0, 0.05) is 17.7 Å². The molecule has 0 bridgehead atoms. The maximum absolute atomic E-state index is 12.5. The second-order valence-electron chi connectivity index (χ2n) is 5.73. The predicted octanol–water partition coefficient (Wildman–Crippen LogP) is 4.00. The van der Waals surface area contributed by atoms with Crippen molar-refractivity contribution in [3.63, 3.8) is 0 Å². The van der Waals surface area contributed by atoms with Gasteiger partial charge >= 0.3 is 0 Å². The second-order valence-corrected chi connectivity index (χ2v) is 6.16. The van der Waals surface area contributed by atoms with Crippen LogP contribution in [0.4, 0.5) is 0 Å². The Kier molecular flexibility index (Phi) is 4.53. The molecular weight excluding hydrogens is 298 g/mol. The number of carbonyl (C=O) groups excluding carboxylic acids is 2. The number of aliphatic imine (C=N–C) groups is 1. The van der Waals surface area contributed by atoms with Crippen LogP contribution in [0.1, 0.15) is 52.8 Å². The highest BCUT2D eigenvalue weighted by atomic mass is 35.5. The van der Waals surface area contributed by atoms with E-state index in [0.717, 1.165) is 19.3 Å². The number of ketones is 2. The molecular formula is C18H18ClNO2. The van der Waals surface area contributed by atoms with Crippen LogP contribution in [0.5, 0.6) is 0 Å². The van der Waals surface area contributed by atoms with E-state index in [0.29, 0.717) is 17.7 Å². The first-order chi connectivity index (χ1) is 10.7. The van der Waals surface area contributed by atoms with E-state index in [-0.39, 0.29) is 17.3 Å². The smallest absolute Gasteiger partial charge is 0.209 e. The van der Waals surface area contributed by atoms with Crippen LogP contribution in [0.15, 0.2) is 40.9 Å². The molecule has 1 unspecified atom stereocenters. The third-order valence-electron chi connectivity index (χ3n) is 4.24. The third-order valence-corrected chi connectivity index (χ3v) is 4.65. The number of halogens is 1. The Hall–Kier alpha value is -1.74. The molecule has 0 fully saturated rings. The van der Waals surface area contributed by atoms with E-state index in [9.17, 15) is 9.59 Å². The van der Waals surface area contributed by atoms with Crippen LogP contribution < -0.4 is 0 Å². The van der Waals surface area contributed by atoms with Crippen LogP contribution in [0.3, 0.4) is 0 Å². The minimum atomic E-state index is -0.956. The lowest BCUT2D eigenvalue weighted by atomic mass is 9.87. The van der Waals surface area contributed by atoms with E-state index >= 15 is 0 Å². The van der Waals surface area contributed by atoms with E-state index in [1.165, 1.54) is 18.4 Å². The van der Waals surface area contributed by atoms with Gasteiger partial charge in [0.15, 0.2) is 5.78 Å². The van der Waals surface area contributed by atoms with Crippen LogP contribution in [0, 0.1) is 0 Å². The van der Waals surface area contributed by atoms with Crippen LogP contribution in [-0.4, -0.2) is 29.2 Å². The molecule has 0 radical (unpaired) electrons. The lowest BCUT2D eigenvalue weighted by molar-refractivity contribution is 0.0967. The summed E-state index contributed by atoms with van der Waals surface area (Å²) in [6.45, 7) is 0.519. The average molecular weight is 316 g/mol. The first kappa shape index (κ1) is 15.2. The van der Waals surface area contributed by atoms with E-state index in [1.807, 2.05) is 0 Å². The van der Waals surface area contributed by atoms with Crippen molar-refractivity contribution in [2.24, 2.45) is 4.99 Å². The van der Waals surface area contributed by atoms with Gasteiger partial charge in [0.1, 0.15) is 11.1 Å². The fraction of sp³-hybridized carbons (Fsp3) is 0.389. The molecule has 0 saturated carbocycles.